The molecule has 0 unspecified atom stereocenters. The highest BCUT2D eigenvalue weighted by Gasteiger charge is 2.37. The highest BCUT2D eigenvalue weighted by atomic mass is 35.5. The Bertz CT molecular complexity index is 731. The second kappa shape index (κ2) is 5.99. The van der Waals surface area contributed by atoms with Crippen molar-refractivity contribution < 1.29 is 4.79 Å². The van der Waals surface area contributed by atoms with E-state index in [2.05, 4.69) is 29.2 Å². The van der Waals surface area contributed by atoms with E-state index >= 15 is 0 Å². The first kappa shape index (κ1) is 14.7. The SMILES string of the molecule is O=C1c2c(Cl)cccc2C[C@@H]2CN(Cc3ccccc3)CCN12. The summed E-state index contributed by atoms with van der Waals surface area (Å²) in [5.74, 6) is 0.0983. The Morgan fingerprint density at radius 2 is 1.87 bits per heavy atom. The van der Waals surface area contributed by atoms with Crippen molar-refractivity contribution >= 4 is 17.5 Å². The minimum Gasteiger partial charge on any atom is -0.333 e. The summed E-state index contributed by atoms with van der Waals surface area (Å²) in [5, 5.41) is 0.581. The van der Waals surface area contributed by atoms with Gasteiger partial charge < -0.3 is 4.90 Å². The molecule has 4 heteroatoms. The zero-order chi connectivity index (χ0) is 15.8. The first-order chi connectivity index (χ1) is 11.2. The molecule has 0 spiro atoms. The van der Waals surface area contributed by atoms with Crippen LogP contribution < -0.4 is 0 Å². The van der Waals surface area contributed by atoms with Gasteiger partial charge in [-0.05, 0) is 23.6 Å². The molecule has 0 N–H and O–H groups in total. The molecule has 2 aromatic carbocycles. The van der Waals surface area contributed by atoms with Crippen molar-refractivity contribution in [3.05, 3.63) is 70.2 Å². The number of hydrogen-bond acceptors (Lipinski definition) is 2. The lowest BCUT2D eigenvalue weighted by Gasteiger charge is -2.44. The molecule has 4 rings (SSSR count). The van der Waals surface area contributed by atoms with E-state index in [9.17, 15) is 4.79 Å². The third-order valence-electron chi connectivity index (χ3n) is 4.85. The summed E-state index contributed by atoms with van der Waals surface area (Å²) in [4.78, 5) is 17.2. The summed E-state index contributed by atoms with van der Waals surface area (Å²) in [7, 11) is 0. The Morgan fingerprint density at radius 1 is 1.04 bits per heavy atom. The molecule has 2 aliphatic rings. The molecule has 1 fully saturated rings. The predicted molar refractivity (Wildman–Crippen MR) is 91.7 cm³/mol. The maximum atomic E-state index is 12.8. The average Bonchev–Trinajstić information content (AvgIpc) is 2.55. The summed E-state index contributed by atoms with van der Waals surface area (Å²) < 4.78 is 0. The molecule has 0 bridgehead atoms. The molecule has 1 atom stereocenters. The van der Waals surface area contributed by atoms with Crippen LogP contribution in [0.1, 0.15) is 21.5 Å². The van der Waals surface area contributed by atoms with Crippen LogP contribution in [0.2, 0.25) is 5.02 Å². The Hall–Kier alpha value is -1.84. The van der Waals surface area contributed by atoms with Gasteiger partial charge in [0.15, 0.2) is 0 Å². The predicted octanol–water partition coefficient (Wildman–Crippen LogP) is 3.22. The van der Waals surface area contributed by atoms with Gasteiger partial charge >= 0.3 is 0 Å². The van der Waals surface area contributed by atoms with Crippen LogP contribution in [0, 0.1) is 0 Å². The second-order valence-electron chi connectivity index (χ2n) is 6.35. The number of hydrogen-bond donors (Lipinski definition) is 0. The van der Waals surface area contributed by atoms with Crippen LogP contribution in [0.25, 0.3) is 0 Å². The Morgan fingerprint density at radius 3 is 2.70 bits per heavy atom. The van der Waals surface area contributed by atoms with Crippen molar-refractivity contribution in [2.75, 3.05) is 19.6 Å². The topological polar surface area (TPSA) is 23.6 Å². The van der Waals surface area contributed by atoms with Crippen LogP contribution in [0.4, 0.5) is 0 Å². The van der Waals surface area contributed by atoms with Gasteiger partial charge in [-0.1, -0.05) is 54.1 Å². The van der Waals surface area contributed by atoms with Crippen LogP contribution in [-0.2, 0) is 13.0 Å². The van der Waals surface area contributed by atoms with E-state index in [1.807, 2.05) is 29.2 Å². The number of halogens is 1. The molecule has 0 saturated carbocycles. The fraction of sp³-hybridized carbons (Fsp3) is 0.316. The fourth-order valence-electron chi connectivity index (χ4n) is 3.72. The van der Waals surface area contributed by atoms with E-state index in [0.29, 0.717) is 10.6 Å². The number of nitrogens with zero attached hydrogens (tertiary/aromatic N) is 2. The average molecular weight is 327 g/mol. The van der Waals surface area contributed by atoms with Gasteiger partial charge in [0.25, 0.3) is 5.91 Å². The third-order valence-corrected chi connectivity index (χ3v) is 5.16. The molecule has 0 radical (unpaired) electrons. The van der Waals surface area contributed by atoms with E-state index in [1.54, 1.807) is 0 Å². The number of piperazine rings is 1. The Kier molecular flexibility index (Phi) is 3.83. The molecular weight excluding hydrogens is 308 g/mol. The number of carbonyl (C=O) groups is 1. The molecule has 0 aromatic heterocycles. The second-order valence-corrected chi connectivity index (χ2v) is 6.76. The van der Waals surface area contributed by atoms with Gasteiger partial charge in [0, 0.05) is 32.2 Å². The van der Waals surface area contributed by atoms with Gasteiger partial charge in [0.2, 0.25) is 0 Å². The van der Waals surface area contributed by atoms with Crippen molar-refractivity contribution in [3.63, 3.8) is 0 Å². The highest BCUT2D eigenvalue weighted by Crippen LogP contribution is 2.30. The van der Waals surface area contributed by atoms with Crippen LogP contribution in [-0.4, -0.2) is 41.4 Å². The number of carbonyl (C=O) groups excluding carboxylic acids is 1. The molecular formula is C19H19ClN2O. The Balaban J connectivity index is 1.54. The van der Waals surface area contributed by atoms with Gasteiger partial charge in [-0.25, -0.2) is 0 Å². The molecule has 3 nitrogen and oxygen atoms in total. The standard InChI is InChI=1S/C19H19ClN2O/c20-17-8-4-7-15-11-16-13-21(12-14-5-2-1-3-6-14)9-10-22(16)19(23)18(15)17/h1-8,16H,9-13H2/t16-/m1/s1. The van der Waals surface area contributed by atoms with Crippen LogP contribution in [0.5, 0.6) is 0 Å². The van der Waals surface area contributed by atoms with Crippen molar-refractivity contribution in [2.45, 2.75) is 19.0 Å². The Labute approximate surface area is 141 Å². The van der Waals surface area contributed by atoms with E-state index in [4.69, 9.17) is 11.6 Å². The molecule has 2 aliphatic heterocycles. The summed E-state index contributed by atoms with van der Waals surface area (Å²) in [6, 6.07) is 16.6. The van der Waals surface area contributed by atoms with Crippen LogP contribution in [0.15, 0.2) is 48.5 Å². The van der Waals surface area contributed by atoms with Gasteiger partial charge in [0.1, 0.15) is 0 Å². The first-order valence-corrected chi connectivity index (χ1v) is 8.45. The summed E-state index contributed by atoms with van der Waals surface area (Å²) in [6.07, 6.45) is 0.896. The van der Waals surface area contributed by atoms with Gasteiger partial charge in [-0.3, -0.25) is 9.69 Å². The number of fused-ring (bicyclic) bond motifs is 2. The van der Waals surface area contributed by atoms with Gasteiger partial charge in [0.05, 0.1) is 10.6 Å². The summed E-state index contributed by atoms with van der Waals surface area (Å²) >= 11 is 6.25. The molecule has 1 amide bonds. The maximum Gasteiger partial charge on any atom is 0.255 e. The smallest absolute Gasteiger partial charge is 0.255 e. The third kappa shape index (κ3) is 2.75. The largest absolute Gasteiger partial charge is 0.333 e. The van der Waals surface area contributed by atoms with Gasteiger partial charge in [-0.15, -0.1) is 0 Å². The van der Waals surface area contributed by atoms with E-state index in [0.717, 1.165) is 38.2 Å². The van der Waals surface area contributed by atoms with Crippen LogP contribution >= 0.6 is 11.6 Å². The van der Waals surface area contributed by atoms with E-state index < -0.39 is 0 Å². The zero-order valence-electron chi connectivity index (χ0n) is 12.9. The highest BCUT2D eigenvalue weighted by molar-refractivity contribution is 6.34. The monoisotopic (exact) mass is 326 g/mol. The van der Waals surface area contributed by atoms with Crippen molar-refractivity contribution in [2.24, 2.45) is 0 Å². The first-order valence-electron chi connectivity index (χ1n) is 8.07. The minimum atomic E-state index is 0.0983. The molecule has 0 aliphatic carbocycles. The van der Waals surface area contributed by atoms with E-state index in [-0.39, 0.29) is 11.9 Å². The van der Waals surface area contributed by atoms with Crippen LogP contribution in [0.3, 0.4) is 0 Å². The maximum absolute atomic E-state index is 12.8. The molecule has 2 heterocycles. The molecule has 23 heavy (non-hydrogen) atoms. The normalized spacial score (nSPS) is 21.0. The summed E-state index contributed by atoms with van der Waals surface area (Å²) in [6.45, 7) is 3.56. The number of benzene rings is 2. The van der Waals surface area contributed by atoms with Crippen molar-refractivity contribution in [1.82, 2.24) is 9.80 Å². The lowest BCUT2D eigenvalue weighted by Crippen LogP contribution is -2.57. The number of rotatable bonds is 2. The van der Waals surface area contributed by atoms with Crippen molar-refractivity contribution in [1.29, 1.82) is 0 Å². The fourth-order valence-corrected chi connectivity index (χ4v) is 4.00. The lowest BCUT2D eigenvalue weighted by molar-refractivity contribution is 0.0402. The van der Waals surface area contributed by atoms with Crippen molar-refractivity contribution in [3.8, 4) is 0 Å². The molecule has 1 saturated heterocycles. The zero-order valence-corrected chi connectivity index (χ0v) is 13.7. The number of amides is 1. The minimum absolute atomic E-state index is 0.0983. The summed E-state index contributed by atoms with van der Waals surface area (Å²) in [5.41, 5.74) is 3.12. The van der Waals surface area contributed by atoms with Gasteiger partial charge in [-0.2, -0.15) is 0 Å². The lowest BCUT2D eigenvalue weighted by atomic mass is 9.91. The van der Waals surface area contributed by atoms with E-state index in [1.165, 1.54) is 5.56 Å². The quantitative estimate of drug-likeness (QED) is 0.846. The molecule has 118 valence electrons. The molecule has 2 aromatic rings.